The van der Waals surface area contributed by atoms with Gasteiger partial charge in [0.1, 0.15) is 22.6 Å². The Balaban J connectivity index is 3.36. The van der Waals surface area contributed by atoms with Gasteiger partial charge in [0.25, 0.3) is 0 Å². The Labute approximate surface area is 121 Å². The van der Waals surface area contributed by atoms with Crippen molar-refractivity contribution in [3.8, 4) is 6.07 Å². The standard InChI is InChI=1S/C13H15ClF3N3/c1-3-5-20(6-4-2)11-7-10(13(15,16)17)9(8-18)12(14)19-11/h7H,3-6H2,1-2H3. The highest BCUT2D eigenvalue weighted by Gasteiger charge is 2.36. The van der Waals surface area contributed by atoms with Crippen LogP contribution in [-0.4, -0.2) is 18.1 Å². The second-order valence-electron chi connectivity index (χ2n) is 4.29. The number of aromatic nitrogens is 1. The van der Waals surface area contributed by atoms with Crippen LogP contribution in [-0.2, 0) is 6.18 Å². The third kappa shape index (κ3) is 3.76. The summed E-state index contributed by atoms with van der Waals surface area (Å²) >= 11 is 5.72. The van der Waals surface area contributed by atoms with Gasteiger partial charge in [-0.05, 0) is 18.9 Å². The predicted molar refractivity (Wildman–Crippen MR) is 71.8 cm³/mol. The zero-order chi connectivity index (χ0) is 15.3. The van der Waals surface area contributed by atoms with Gasteiger partial charge >= 0.3 is 6.18 Å². The fraction of sp³-hybridized carbons (Fsp3) is 0.538. The van der Waals surface area contributed by atoms with Crippen LogP contribution in [0.4, 0.5) is 19.0 Å². The number of hydrogen-bond donors (Lipinski definition) is 0. The maximum Gasteiger partial charge on any atom is 0.417 e. The SMILES string of the molecule is CCCN(CCC)c1cc(C(F)(F)F)c(C#N)c(Cl)n1. The highest BCUT2D eigenvalue weighted by atomic mass is 35.5. The first-order valence-corrected chi connectivity index (χ1v) is 6.65. The Morgan fingerprint density at radius 3 is 2.25 bits per heavy atom. The van der Waals surface area contributed by atoms with E-state index in [9.17, 15) is 13.2 Å². The molecular weight excluding hydrogens is 291 g/mol. The molecule has 0 saturated heterocycles. The molecule has 1 aromatic rings. The summed E-state index contributed by atoms with van der Waals surface area (Å²) in [6, 6.07) is 2.37. The molecule has 0 aliphatic carbocycles. The highest BCUT2D eigenvalue weighted by Crippen LogP contribution is 2.36. The van der Waals surface area contributed by atoms with Crippen LogP contribution in [0.25, 0.3) is 0 Å². The van der Waals surface area contributed by atoms with Gasteiger partial charge in [-0.3, -0.25) is 0 Å². The molecule has 0 saturated carbocycles. The first kappa shape index (κ1) is 16.6. The zero-order valence-electron chi connectivity index (χ0n) is 11.3. The zero-order valence-corrected chi connectivity index (χ0v) is 12.0. The van der Waals surface area contributed by atoms with Crippen molar-refractivity contribution < 1.29 is 13.2 Å². The van der Waals surface area contributed by atoms with E-state index in [0.717, 1.165) is 18.9 Å². The lowest BCUT2D eigenvalue weighted by Crippen LogP contribution is -2.26. The van der Waals surface area contributed by atoms with Gasteiger partial charge in [-0.25, -0.2) is 4.98 Å². The average molecular weight is 306 g/mol. The molecule has 0 spiro atoms. The number of nitrogens with zero attached hydrogens (tertiary/aromatic N) is 3. The molecule has 0 radical (unpaired) electrons. The van der Waals surface area contributed by atoms with Gasteiger partial charge in [0, 0.05) is 13.1 Å². The lowest BCUT2D eigenvalue weighted by atomic mass is 10.1. The Bertz CT molecular complexity index is 503. The van der Waals surface area contributed by atoms with E-state index in [1.165, 1.54) is 6.07 Å². The molecule has 0 fully saturated rings. The molecule has 0 aliphatic rings. The summed E-state index contributed by atoms with van der Waals surface area (Å²) in [5.41, 5.74) is -1.66. The van der Waals surface area contributed by atoms with E-state index >= 15 is 0 Å². The van der Waals surface area contributed by atoms with Gasteiger partial charge < -0.3 is 4.90 Å². The minimum absolute atomic E-state index is 0.157. The molecule has 0 bridgehead atoms. The van der Waals surface area contributed by atoms with Crippen LogP contribution in [0.3, 0.4) is 0 Å². The van der Waals surface area contributed by atoms with Gasteiger partial charge in [0.2, 0.25) is 0 Å². The minimum atomic E-state index is -4.63. The first-order valence-electron chi connectivity index (χ1n) is 6.27. The van der Waals surface area contributed by atoms with E-state index in [0.29, 0.717) is 13.1 Å². The summed E-state index contributed by atoms with van der Waals surface area (Å²) in [5.74, 6) is 0.157. The molecule has 1 aromatic heterocycles. The minimum Gasteiger partial charge on any atom is -0.357 e. The molecule has 3 nitrogen and oxygen atoms in total. The van der Waals surface area contributed by atoms with Crippen molar-refractivity contribution in [2.75, 3.05) is 18.0 Å². The molecule has 0 aromatic carbocycles. The topological polar surface area (TPSA) is 39.9 Å². The smallest absolute Gasteiger partial charge is 0.357 e. The third-order valence-electron chi connectivity index (χ3n) is 2.69. The fourth-order valence-corrected chi connectivity index (χ4v) is 2.10. The summed E-state index contributed by atoms with van der Waals surface area (Å²) in [7, 11) is 0. The van der Waals surface area contributed by atoms with Crippen LogP contribution in [0.2, 0.25) is 5.15 Å². The first-order chi connectivity index (χ1) is 9.35. The maximum absolute atomic E-state index is 13.0. The molecule has 0 aliphatic heterocycles. The van der Waals surface area contributed by atoms with Gasteiger partial charge in [0.05, 0.1) is 5.56 Å². The lowest BCUT2D eigenvalue weighted by Gasteiger charge is -2.24. The summed E-state index contributed by atoms with van der Waals surface area (Å²) in [4.78, 5) is 5.66. The molecule has 1 heterocycles. The monoisotopic (exact) mass is 305 g/mol. The largest absolute Gasteiger partial charge is 0.417 e. The molecule has 7 heteroatoms. The van der Waals surface area contributed by atoms with Gasteiger partial charge in [-0.15, -0.1) is 0 Å². The van der Waals surface area contributed by atoms with Crippen molar-refractivity contribution >= 4 is 17.4 Å². The van der Waals surface area contributed by atoms with Crippen molar-refractivity contribution in [2.24, 2.45) is 0 Å². The number of halogens is 4. The van der Waals surface area contributed by atoms with Crippen molar-refractivity contribution in [3.63, 3.8) is 0 Å². The highest BCUT2D eigenvalue weighted by molar-refractivity contribution is 6.30. The van der Waals surface area contributed by atoms with Crippen LogP contribution in [0.5, 0.6) is 0 Å². The molecule has 110 valence electrons. The molecule has 0 unspecified atom stereocenters. The molecule has 20 heavy (non-hydrogen) atoms. The number of rotatable bonds is 5. The van der Waals surface area contributed by atoms with E-state index in [1.54, 1.807) is 4.90 Å². The molecule has 0 amide bonds. The van der Waals surface area contributed by atoms with Crippen molar-refractivity contribution in [1.82, 2.24) is 4.98 Å². The fourth-order valence-electron chi connectivity index (χ4n) is 1.87. The summed E-state index contributed by atoms with van der Waals surface area (Å²) in [5, 5.41) is 8.40. The van der Waals surface area contributed by atoms with E-state index < -0.39 is 22.5 Å². The van der Waals surface area contributed by atoms with Crippen molar-refractivity contribution in [3.05, 3.63) is 22.3 Å². The number of hydrogen-bond acceptors (Lipinski definition) is 3. The van der Waals surface area contributed by atoms with E-state index in [2.05, 4.69) is 4.98 Å². The van der Waals surface area contributed by atoms with Crippen LogP contribution < -0.4 is 4.90 Å². The normalized spacial score (nSPS) is 11.2. The van der Waals surface area contributed by atoms with Crippen LogP contribution in [0.1, 0.15) is 37.8 Å². The van der Waals surface area contributed by atoms with Crippen LogP contribution >= 0.6 is 11.6 Å². The van der Waals surface area contributed by atoms with Gasteiger partial charge in [-0.1, -0.05) is 25.4 Å². The Morgan fingerprint density at radius 2 is 1.85 bits per heavy atom. The maximum atomic E-state index is 13.0. The summed E-state index contributed by atoms with van der Waals surface area (Å²) < 4.78 is 38.9. The number of alkyl halides is 3. The van der Waals surface area contributed by atoms with Gasteiger partial charge in [0.15, 0.2) is 0 Å². The van der Waals surface area contributed by atoms with E-state index in [4.69, 9.17) is 16.9 Å². The summed E-state index contributed by atoms with van der Waals surface area (Å²) in [6.45, 7) is 5.03. The third-order valence-corrected chi connectivity index (χ3v) is 2.96. The number of nitriles is 1. The number of anilines is 1. The molecular formula is C13H15ClF3N3. The molecule has 0 atom stereocenters. The second-order valence-corrected chi connectivity index (χ2v) is 4.65. The predicted octanol–water partition coefficient (Wildman–Crippen LogP) is 4.25. The Kier molecular flexibility index (Phi) is 5.63. The number of pyridine rings is 1. The van der Waals surface area contributed by atoms with Crippen LogP contribution in [0, 0.1) is 11.3 Å². The van der Waals surface area contributed by atoms with Crippen molar-refractivity contribution in [2.45, 2.75) is 32.9 Å². The van der Waals surface area contributed by atoms with E-state index in [1.807, 2.05) is 13.8 Å². The average Bonchev–Trinajstić information content (AvgIpc) is 2.36. The Hall–Kier alpha value is -1.48. The van der Waals surface area contributed by atoms with Gasteiger partial charge in [-0.2, -0.15) is 18.4 Å². The lowest BCUT2D eigenvalue weighted by molar-refractivity contribution is -0.137. The molecule has 0 N–H and O–H groups in total. The summed E-state index contributed by atoms with van der Waals surface area (Å²) in [6.07, 6.45) is -3.07. The molecule has 1 rings (SSSR count). The second kappa shape index (κ2) is 6.80. The van der Waals surface area contributed by atoms with E-state index in [-0.39, 0.29) is 5.82 Å². The van der Waals surface area contributed by atoms with Crippen molar-refractivity contribution in [1.29, 1.82) is 5.26 Å². The quantitative estimate of drug-likeness (QED) is 0.763. The van der Waals surface area contributed by atoms with Crippen LogP contribution in [0.15, 0.2) is 6.07 Å². The Morgan fingerprint density at radius 1 is 1.30 bits per heavy atom.